The van der Waals surface area contributed by atoms with E-state index in [2.05, 4.69) is 20.9 Å². The van der Waals surface area contributed by atoms with Crippen molar-refractivity contribution >= 4 is 26.8 Å². The average molecular weight is 315 g/mol. The Bertz CT molecular complexity index is 809. The molecule has 0 aliphatic carbocycles. The van der Waals surface area contributed by atoms with E-state index in [1.165, 1.54) is 0 Å². The third-order valence-corrected chi connectivity index (χ3v) is 3.73. The van der Waals surface area contributed by atoms with Crippen molar-refractivity contribution < 1.29 is 0 Å². The predicted octanol–water partition coefficient (Wildman–Crippen LogP) is 3.36. The summed E-state index contributed by atoms with van der Waals surface area (Å²) < 4.78 is 2.42. The molecule has 0 saturated heterocycles. The van der Waals surface area contributed by atoms with Gasteiger partial charge in [0.2, 0.25) is 0 Å². The third kappa shape index (κ3) is 1.98. The Kier molecular flexibility index (Phi) is 2.95. The van der Waals surface area contributed by atoms with Crippen LogP contribution in [-0.2, 0) is 7.05 Å². The Morgan fingerprint density at radius 2 is 1.79 bits per heavy atom. The number of benzene rings is 2. The Balaban J connectivity index is 2.42. The number of rotatable bonds is 1. The molecule has 0 radical (unpaired) electrons. The molecule has 1 aromatic heterocycles. The summed E-state index contributed by atoms with van der Waals surface area (Å²) >= 11 is 3.45. The Labute approximate surface area is 118 Å². The maximum atomic E-state index is 12.4. The van der Waals surface area contributed by atoms with Gasteiger partial charge >= 0.3 is 0 Å². The molecule has 2 aromatic carbocycles. The molecule has 0 atom stereocenters. The molecule has 3 aromatic rings. The molecule has 0 unspecified atom stereocenters. The fraction of sp³-hybridized carbons (Fsp3) is 0.0667. The van der Waals surface area contributed by atoms with Crippen LogP contribution in [0.1, 0.15) is 0 Å². The van der Waals surface area contributed by atoms with Gasteiger partial charge in [-0.1, -0.05) is 36.4 Å². The van der Waals surface area contributed by atoms with Crippen molar-refractivity contribution in [3.05, 3.63) is 63.4 Å². The first-order chi connectivity index (χ1) is 9.18. The standard InChI is InChI=1S/C15H11BrN2O/c1-18-14(10-6-3-2-4-7-10)17-13-11(15(18)19)8-5-9-12(13)16/h2-9H,1H3. The predicted molar refractivity (Wildman–Crippen MR) is 80.1 cm³/mol. The van der Waals surface area contributed by atoms with Gasteiger partial charge in [0.25, 0.3) is 5.56 Å². The summed E-state index contributed by atoms with van der Waals surface area (Å²) in [7, 11) is 1.75. The number of halogens is 1. The molecule has 0 fully saturated rings. The largest absolute Gasteiger partial charge is 0.295 e. The van der Waals surface area contributed by atoms with Crippen molar-refractivity contribution in [3.63, 3.8) is 0 Å². The molecule has 19 heavy (non-hydrogen) atoms. The average Bonchev–Trinajstić information content (AvgIpc) is 2.44. The highest BCUT2D eigenvalue weighted by Gasteiger charge is 2.11. The van der Waals surface area contributed by atoms with E-state index in [4.69, 9.17) is 0 Å². The van der Waals surface area contributed by atoms with Gasteiger partial charge in [0, 0.05) is 17.1 Å². The van der Waals surface area contributed by atoms with Gasteiger partial charge in [-0.25, -0.2) is 4.98 Å². The molecule has 94 valence electrons. The summed E-state index contributed by atoms with van der Waals surface area (Å²) in [6.07, 6.45) is 0. The zero-order valence-electron chi connectivity index (χ0n) is 10.3. The highest BCUT2D eigenvalue weighted by atomic mass is 79.9. The molecular weight excluding hydrogens is 304 g/mol. The van der Waals surface area contributed by atoms with E-state index in [-0.39, 0.29) is 5.56 Å². The number of para-hydroxylation sites is 1. The first kappa shape index (κ1) is 12.1. The van der Waals surface area contributed by atoms with Gasteiger partial charge in [0.15, 0.2) is 0 Å². The molecule has 0 N–H and O–H groups in total. The SMILES string of the molecule is Cn1c(-c2ccccc2)nc2c(Br)cccc2c1=O. The fourth-order valence-electron chi connectivity index (χ4n) is 2.10. The third-order valence-electron chi connectivity index (χ3n) is 3.09. The maximum Gasteiger partial charge on any atom is 0.261 e. The van der Waals surface area contributed by atoms with Crippen molar-refractivity contribution in [1.29, 1.82) is 0 Å². The van der Waals surface area contributed by atoms with Gasteiger partial charge in [-0.2, -0.15) is 0 Å². The Hall–Kier alpha value is -1.94. The zero-order valence-corrected chi connectivity index (χ0v) is 11.9. The first-order valence-electron chi connectivity index (χ1n) is 5.89. The van der Waals surface area contributed by atoms with E-state index in [9.17, 15) is 4.79 Å². The van der Waals surface area contributed by atoms with Crippen molar-refractivity contribution in [2.24, 2.45) is 7.05 Å². The summed E-state index contributed by atoms with van der Waals surface area (Å²) in [6, 6.07) is 15.2. The summed E-state index contributed by atoms with van der Waals surface area (Å²) in [5.41, 5.74) is 1.59. The molecule has 4 heteroatoms. The molecule has 0 aliphatic rings. The summed E-state index contributed by atoms with van der Waals surface area (Å²) in [5.74, 6) is 0.671. The Morgan fingerprint density at radius 3 is 2.53 bits per heavy atom. The van der Waals surface area contributed by atoms with E-state index < -0.39 is 0 Å². The van der Waals surface area contributed by atoms with Crippen LogP contribution in [0.2, 0.25) is 0 Å². The van der Waals surface area contributed by atoms with Gasteiger partial charge in [0.1, 0.15) is 5.82 Å². The minimum Gasteiger partial charge on any atom is -0.295 e. The van der Waals surface area contributed by atoms with Crippen molar-refractivity contribution in [3.8, 4) is 11.4 Å². The molecule has 0 aliphatic heterocycles. The van der Waals surface area contributed by atoms with Crippen LogP contribution in [0.15, 0.2) is 57.8 Å². The smallest absolute Gasteiger partial charge is 0.261 e. The number of hydrogen-bond acceptors (Lipinski definition) is 2. The Morgan fingerprint density at radius 1 is 1.05 bits per heavy atom. The quantitative estimate of drug-likeness (QED) is 0.690. The summed E-state index contributed by atoms with van der Waals surface area (Å²) in [5, 5.41) is 0.622. The van der Waals surface area contributed by atoms with Crippen LogP contribution in [0.5, 0.6) is 0 Å². The number of fused-ring (bicyclic) bond motifs is 1. The van der Waals surface area contributed by atoms with Gasteiger partial charge < -0.3 is 0 Å². The molecule has 0 amide bonds. The number of nitrogens with zero attached hydrogens (tertiary/aromatic N) is 2. The second-order valence-electron chi connectivity index (χ2n) is 4.30. The highest BCUT2D eigenvalue weighted by molar-refractivity contribution is 9.10. The van der Waals surface area contributed by atoms with Crippen molar-refractivity contribution in [2.45, 2.75) is 0 Å². The lowest BCUT2D eigenvalue weighted by Gasteiger charge is -2.09. The van der Waals surface area contributed by atoms with Crippen LogP contribution < -0.4 is 5.56 Å². The summed E-state index contributed by atoms with van der Waals surface area (Å²) in [4.78, 5) is 17.0. The lowest BCUT2D eigenvalue weighted by molar-refractivity contribution is 0.855. The lowest BCUT2D eigenvalue weighted by atomic mass is 10.2. The van der Waals surface area contributed by atoms with Crippen LogP contribution in [-0.4, -0.2) is 9.55 Å². The minimum atomic E-state index is -0.0369. The molecule has 1 heterocycles. The van der Waals surface area contributed by atoms with Gasteiger partial charge in [-0.15, -0.1) is 0 Å². The van der Waals surface area contributed by atoms with E-state index in [0.29, 0.717) is 16.7 Å². The molecular formula is C15H11BrN2O. The second-order valence-corrected chi connectivity index (χ2v) is 5.16. The second kappa shape index (κ2) is 4.63. The van der Waals surface area contributed by atoms with Crippen molar-refractivity contribution in [2.75, 3.05) is 0 Å². The topological polar surface area (TPSA) is 34.9 Å². The maximum absolute atomic E-state index is 12.4. The number of hydrogen-bond donors (Lipinski definition) is 0. The molecule has 3 nitrogen and oxygen atoms in total. The fourth-order valence-corrected chi connectivity index (χ4v) is 2.56. The van der Waals surface area contributed by atoms with Gasteiger partial charge in [0.05, 0.1) is 10.9 Å². The van der Waals surface area contributed by atoms with Crippen LogP contribution in [0.4, 0.5) is 0 Å². The van der Waals surface area contributed by atoms with Crippen LogP contribution >= 0.6 is 15.9 Å². The highest BCUT2D eigenvalue weighted by Crippen LogP contribution is 2.23. The van der Waals surface area contributed by atoms with Gasteiger partial charge in [-0.3, -0.25) is 9.36 Å². The van der Waals surface area contributed by atoms with E-state index in [1.54, 1.807) is 17.7 Å². The summed E-state index contributed by atoms with van der Waals surface area (Å²) in [6.45, 7) is 0. The molecule has 0 bridgehead atoms. The first-order valence-corrected chi connectivity index (χ1v) is 6.68. The van der Waals surface area contributed by atoms with Crippen molar-refractivity contribution in [1.82, 2.24) is 9.55 Å². The number of aromatic nitrogens is 2. The van der Waals surface area contributed by atoms with E-state index in [0.717, 1.165) is 10.0 Å². The normalized spacial score (nSPS) is 10.8. The van der Waals surface area contributed by atoms with Crippen LogP contribution in [0.3, 0.4) is 0 Å². The molecule has 3 rings (SSSR count). The van der Waals surface area contributed by atoms with Crippen LogP contribution in [0.25, 0.3) is 22.3 Å². The molecule has 0 saturated carbocycles. The lowest BCUT2D eigenvalue weighted by Crippen LogP contribution is -2.20. The minimum absolute atomic E-state index is 0.0369. The monoisotopic (exact) mass is 314 g/mol. The van der Waals surface area contributed by atoms with E-state index in [1.807, 2.05) is 42.5 Å². The van der Waals surface area contributed by atoms with Gasteiger partial charge in [-0.05, 0) is 28.1 Å². The zero-order chi connectivity index (χ0) is 13.4. The van der Waals surface area contributed by atoms with Crippen LogP contribution in [0, 0.1) is 0 Å². The molecule has 0 spiro atoms. The van der Waals surface area contributed by atoms with E-state index >= 15 is 0 Å².